The lowest BCUT2D eigenvalue weighted by Crippen LogP contribution is -2.17. The summed E-state index contributed by atoms with van der Waals surface area (Å²) in [5, 5.41) is 3.41. The Balaban J connectivity index is 2.41. The maximum absolute atomic E-state index is 12.5. The van der Waals surface area contributed by atoms with Crippen molar-refractivity contribution in [2.24, 2.45) is 0 Å². The lowest BCUT2D eigenvalue weighted by Gasteiger charge is -2.13. The molecule has 0 aliphatic carbocycles. The maximum Gasteiger partial charge on any atom is 0.281 e. The smallest absolute Gasteiger partial charge is 0.281 e. The molecule has 0 aliphatic rings. The number of rotatable bonds is 5. The average molecular weight is 326 g/mol. The monoisotopic (exact) mass is 325 g/mol. The quantitative estimate of drug-likeness (QED) is 0.885. The predicted molar refractivity (Wildman–Crippen MR) is 85.4 cm³/mol. The summed E-state index contributed by atoms with van der Waals surface area (Å²) in [6, 6.07) is 8.39. The minimum absolute atomic E-state index is 0.0359. The van der Waals surface area contributed by atoms with E-state index in [1.54, 1.807) is 37.3 Å². The summed E-state index contributed by atoms with van der Waals surface area (Å²) in [7, 11) is -3.79. The first kappa shape index (κ1) is 15.6. The molecule has 0 amide bonds. The second kappa shape index (κ2) is 6.32. The van der Waals surface area contributed by atoms with Gasteiger partial charge in [-0.15, -0.1) is 0 Å². The van der Waals surface area contributed by atoms with Crippen molar-refractivity contribution < 1.29 is 8.42 Å². The molecular formula is C14H16ClN3O2S. The van der Waals surface area contributed by atoms with Crippen LogP contribution in [0.3, 0.4) is 0 Å². The van der Waals surface area contributed by atoms with Crippen LogP contribution in [0.1, 0.15) is 12.5 Å². The molecule has 112 valence electrons. The summed E-state index contributed by atoms with van der Waals surface area (Å²) in [4.78, 5) is 3.97. The van der Waals surface area contributed by atoms with Gasteiger partial charge in [-0.2, -0.15) is 8.42 Å². The number of aryl methyl sites for hydroxylation is 1. The van der Waals surface area contributed by atoms with E-state index in [4.69, 9.17) is 11.6 Å². The zero-order valence-electron chi connectivity index (χ0n) is 11.7. The first-order valence-electron chi connectivity index (χ1n) is 6.42. The summed E-state index contributed by atoms with van der Waals surface area (Å²) in [6.07, 6.45) is 1.44. The summed E-state index contributed by atoms with van der Waals surface area (Å²) >= 11 is 5.91. The van der Waals surface area contributed by atoms with Crippen LogP contribution >= 0.6 is 11.6 Å². The van der Waals surface area contributed by atoms with E-state index < -0.39 is 10.0 Å². The fourth-order valence-electron chi connectivity index (χ4n) is 1.83. The normalized spacial score (nSPS) is 11.2. The molecule has 0 fully saturated rings. The Morgan fingerprint density at radius 3 is 2.71 bits per heavy atom. The molecule has 0 atom stereocenters. The van der Waals surface area contributed by atoms with Crippen LogP contribution in [0.5, 0.6) is 0 Å². The van der Waals surface area contributed by atoms with E-state index in [1.165, 1.54) is 6.20 Å². The number of aromatic nitrogens is 1. The second-order valence-electron chi connectivity index (χ2n) is 4.45. The summed E-state index contributed by atoms with van der Waals surface area (Å²) < 4.78 is 27.5. The molecule has 0 bridgehead atoms. The van der Waals surface area contributed by atoms with E-state index >= 15 is 0 Å². The number of nitrogens with zero attached hydrogens (tertiary/aromatic N) is 1. The van der Waals surface area contributed by atoms with Crippen molar-refractivity contribution in [1.82, 2.24) is 4.98 Å². The van der Waals surface area contributed by atoms with Gasteiger partial charge in [0.05, 0.1) is 11.4 Å². The van der Waals surface area contributed by atoms with Gasteiger partial charge >= 0.3 is 0 Å². The highest BCUT2D eigenvalue weighted by Crippen LogP contribution is 2.25. The van der Waals surface area contributed by atoms with Gasteiger partial charge in [0.15, 0.2) is 5.03 Å². The van der Waals surface area contributed by atoms with Crippen LogP contribution < -0.4 is 10.0 Å². The Kier molecular flexibility index (Phi) is 4.69. The summed E-state index contributed by atoms with van der Waals surface area (Å²) in [6.45, 7) is 4.29. The van der Waals surface area contributed by atoms with Crippen LogP contribution in [-0.2, 0) is 10.0 Å². The minimum Gasteiger partial charge on any atom is -0.383 e. The highest BCUT2D eigenvalue weighted by Gasteiger charge is 2.20. The van der Waals surface area contributed by atoms with E-state index in [1.807, 2.05) is 6.92 Å². The van der Waals surface area contributed by atoms with Gasteiger partial charge in [-0.05, 0) is 43.7 Å². The van der Waals surface area contributed by atoms with E-state index in [-0.39, 0.29) is 5.03 Å². The highest BCUT2D eigenvalue weighted by molar-refractivity contribution is 7.92. The molecule has 21 heavy (non-hydrogen) atoms. The standard InChI is InChI=1S/C14H16ClN3O2S/c1-3-16-12-5-4-8-17-14(12)21(19,20)18-13-9-11(15)7-6-10(13)2/h4-9,16,18H,3H2,1-2H3. The molecule has 1 aromatic carbocycles. The molecule has 2 aromatic rings. The lowest BCUT2D eigenvalue weighted by atomic mass is 10.2. The first-order valence-corrected chi connectivity index (χ1v) is 8.28. The first-order chi connectivity index (χ1) is 9.94. The summed E-state index contributed by atoms with van der Waals surface area (Å²) in [5.74, 6) is 0. The molecule has 0 saturated heterocycles. The minimum atomic E-state index is -3.79. The van der Waals surface area contributed by atoms with Gasteiger partial charge in [-0.1, -0.05) is 17.7 Å². The number of benzene rings is 1. The SMILES string of the molecule is CCNc1cccnc1S(=O)(=O)Nc1cc(Cl)ccc1C. The number of hydrogen-bond donors (Lipinski definition) is 2. The molecule has 0 unspecified atom stereocenters. The van der Waals surface area contributed by atoms with Crippen LogP contribution in [0.2, 0.25) is 5.02 Å². The van der Waals surface area contributed by atoms with E-state index in [9.17, 15) is 8.42 Å². The van der Waals surface area contributed by atoms with E-state index in [0.717, 1.165) is 5.56 Å². The second-order valence-corrected chi connectivity index (χ2v) is 6.49. The number of halogens is 1. The molecule has 2 N–H and O–H groups in total. The third-order valence-electron chi connectivity index (χ3n) is 2.84. The largest absolute Gasteiger partial charge is 0.383 e. The van der Waals surface area contributed by atoms with Crippen molar-refractivity contribution in [3.63, 3.8) is 0 Å². The third kappa shape index (κ3) is 3.65. The van der Waals surface area contributed by atoms with Crippen molar-refractivity contribution in [2.45, 2.75) is 18.9 Å². The fourth-order valence-corrected chi connectivity index (χ4v) is 3.23. The van der Waals surface area contributed by atoms with Gasteiger partial charge in [0.1, 0.15) is 0 Å². The molecule has 2 rings (SSSR count). The zero-order valence-corrected chi connectivity index (χ0v) is 13.3. The Hall–Kier alpha value is -1.79. The Morgan fingerprint density at radius 1 is 1.24 bits per heavy atom. The average Bonchev–Trinajstić information content (AvgIpc) is 2.43. The van der Waals surface area contributed by atoms with Crippen LogP contribution in [-0.4, -0.2) is 19.9 Å². The summed E-state index contributed by atoms with van der Waals surface area (Å²) in [5.41, 5.74) is 1.69. The molecule has 0 saturated carbocycles. The zero-order chi connectivity index (χ0) is 15.5. The van der Waals surface area contributed by atoms with Gasteiger partial charge in [0.2, 0.25) is 0 Å². The van der Waals surface area contributed by atoms with Crippen molar-refractivity contribution in [2.75, 3.05) is 16.6 Å². The molecule has 0 spiro atoms. The van der Waals surface area contributed by atoms with Crippen molar-refractivity contribution in [1.29, 1.82) is 0 Å². The van der Waals surface area contributed by atoms with Gasteiger partial charge in [-0.25, -0.2) is 4.98 Å². The number of sulfonamides is 1. The van der Waals surface area contributed by atoms with Crippen molar-refractivity contribution >= 4 is 33.0 Å². The topological polar surface area (TPSA) is 71.1 Å². The van der Waals surface area contributed by atoms with Crippen molar-refractivity contribution in [3.05, 3.63) is 47.1 Å². The van der Waals surface area contributed by atoms with Gasteiger partial charge < -0.3 is 5.32 Å². The molecule has 1 aromatic heterocycles. The van der Waals surface area contributed by atoms with Crippen molar-refractivity contribution in [3.8, 4) is 0 Å². The number of hydrogen-bond acceptors (Lipinski definition) is 4. The van der Waals surface area contributed by atoms with Crippen LogP contribution in [0.25, 0.3) is 0 Å². The van der Waals surface area contributed by atoms with Crippen LogP contribution in [0, 0.1) is 6.92 Å². The lowest BCUT2D eigenvalue weighted by molar-refractivity contribution is 0.598. The third-order valence-corrected chi connectivity index (χ3v) is 4.40. The Bertz CT molecular complexity index is 748. The molecular weight excluding hydrogens is 310 g/mol. The predicted octanol–water partition coefficient (Wildman–Crippen LogP) is 3.28. The molecule has 7 heteroatoms. The Morgan fingerprint density at radius 2 is 2.00 bits per heavy atom. The van der Waals surface area contributed by atoms with Crippen LogP contribution in [0.15, 0.2) is 41.6 Å². The van der Waals surface area contributed by atoms with Crippen LogP contribution in [0.4, 0.5) is 11.4 Å². The number of anilines is 2. The molecule has 1 heterocycles. The molecule has 0 aliphatic heterocycles. The molecule has 0 radical (unpaired) electrons. The van der Waals surface area contributed by atoms with E-state index in [2.05, 4.69) is 15.0 Å². The molecule has 5 nitrogen and oxygen atoms in total. The Labute approximate surface area is 129 Å². The van der Waals surface area contributed by atoms with Gasteiger partial charge in [-0.3, -0.25) is 4.72 Å². The van der Waals surface area contributed by atoms with Gasteiger partial charge in [0.25, 0.3) is 10.0 Å². The number of pyridine rings is 1. The number of nitrogens with one attached hydrogen (secondary N) is 2. The maximum atomic E-state index is 12.5. The highest BCUT2D eigenvalue weighted by atomic mass is 35.5. The fraction of sp³-hybridized carbons (Fsp3) is 0.214. The van der Waals surface area contributed by atoms with E-state index in [0.29, 0.717) is 22.9 Å². The van der Waals surface area contributed by atoms with Gasteiger partial charge in [0, 0.05) is 17.8 Å².